The summed E-state index contributed by atoms with van der Waals surface area (Å²) in [6.45, 7) is 1.36. The topological polar surface area (TPSA) is 67.9 Å². The van der Waals surface area contributed by atoms with Crippen LogP contribution in [0.25, 0.3) is 10.1 Å². The molecule has 9 heteroatoms. The molecule has 1 N–H and O–H groups in total. The summed E-state index contributed by atoms with van der Waals surface area (Å²) in [5.74, 6) is -0.248. The second kappa shape index (κ2) is 9.30. The maximum absolute atomic E-state index is 13.7. The minimum absolute atomic E-state index is 0.0809. The molecule has 0 bridgehead atoms. The van der Waals surface area contributed by atoms with Gasteiger partial charge in [0.15, 0.2) is 0 Å². The molecule has 0 aliphatic carbocycles. The molecule has 3 aromatic rings. The van der Waals surface area contributed by atoms with Crippen molar-refractivity contribution in [3.63, 3.8) is 0 Å². The third-order valence-corrected chi connectivity index (χ3v) is 6.04. The van der Waals surface area contributed by atoms with Crippen LogP contribution in [0, 0.1) is 0 Å². The first-order valence-electron chi connectivity index (χ1n) is 9.75. The molecule has 2 aromatic carbocycles. The molecule has 0 atom stereocenters. The Hall–Kier alpha value is -3.20. The molecular weight excluding hydrogens is 426 g/mol. The van der Waals surface area contributed by atoms with Crippen LogP contribution < -0.4 is 10.1 Å². The number of rotatable bonds is 8. The molecule has 1 fully saturated rings. The monoisotopic (exact) mass is 446 g/mol. The lowest BCUT2D eigenvalue weighted by Gasteiger charge is -2.14. The maximum Gasteiger partial charge on any atom is 0.409 e. The van der Waals surface area contributed by atoms with Gasteiger partial charge in [0.05, 0.1) is 17.0 Å². The summed E-state index contributed by atoms with van der Waals surface area (Å²) in [5.41, 5.74) is 0.843. The minimum atomic E-state index is -2.80. The average Bonchev–Trinajstić information content (AvgIpc) is 3.37. The van der Waals surface area contributed by atoms with Gasteiger partial charge in [-0.3, -0.25) is 4.79 Å². The van der Waals surface area contributed by atoms with Gasteiger partial charge in [-0.2, -0.15) is 0 Å². The number of hydrogen-bond donors (Lipinski definition) is 1. The molecule has 31 heavy (non-hydrogen) atoms. The Balaban J connectivity index is 1.58. The van der Waals surface area contributed by atoms with E-state index < -0.39 is 18.4 Å². The number of halogens is 2. The number of alkyl halides is 2. The molecule has 1 saturated heterocycles. The van der Waals surface area contributed by atoms with Crippen LogP contribution in [-0.4, -0.2) is 43.1 Å². The van der Waals surface area contributed by atoms with Crippen LogP contribution in [0.3, 0.4) is 0 Å². The second-order valence-electron chi connectivity index (χ2n) is 6.90. The van der Waals surface area contributed by atoms with E-state index in [9.17, 15) is 18.4 Å². The number of amides is 2. The van der Waals surface area contributed by atoms with Crippen LogP contribution in [0.15, 0.2) is 48.5 Å². The summed E-state index contributed by atoms with van der Waals surface area (Å²) < 4.78 is 38.8. The van der Waals surface area contributed by atoms with Gasteiger partial charge in [-0.25, -0.2) is 13.6 Å². The largest absolute Gasteiger partial charge is 0.488 e. The lowest BCUT2D eigenvalue weighted by molar-refractivity contribution is 0.0939. The van der Waals surface area contributed by atoms with Crippen LogP contribution in [0.1, 0.15) is 27.2 Å². The Bertz CT molecular complexity index is 1090. The summed E-state index contributed by atoms with van der Waals surface area (Å²) in [7, 11) is 0. The number of hydrogen-bond acceptors (Lipinski definition) is 5. The van der Waals surface area contributed by atoms with Crippen molar-refractivity contribution < 1.29 is 27.8 Å². The zero-order valence-corrected chi connectivity index (χ0v) is 17.3. The summed E-state index contributed by atoms with van der Waals surface area (Å²) >= 11 is 0.880. The van der Waals surface area contributed by atoms with E-state index in [2.05, 4.69) is 5.32 Å². The highest BCUT2D eigenvalue weighted by atomic mass is 32.1. The number of fused-ring (bicyclic) bond motifs is 1. The highest BCUT2D eigenvalue weighted by molar-refractivity contribution is 7.19. The lowest BCUT2D eigenvalue weighted by atomic mass is 10.1. The Labute approximate surface area is 181 Å². The molecule has 2 amide bonds. The Morgan fingerprint density at radius 3 is 2.71 bits per heavy atom. The molecule has 1 aromatic heterocycles. The molecule has 2 heterocycles. The van der Waals surface area contributed by atoms with Gasteiger partial charge in [-0.05, 0) is 17.7 Å². The predicted octanol–water partition coefficient (Wildman–Crippen LogP) is 4.60. The molecule has 0 radical (unpaired) electrons. The van der Waals surface area contributed by atoms with Crippen molar-refractivity contribution in [2.24, 2.45) is 0 Å². The zero-order chi connectivity index (χ0) is 21.8. The van der Waals surface area contributed by atoms with Crippen LogP contribution in [0.5, 0.6) is 5.75 Å². The van der Waals surface area contributed by atoms with Gasteiger partial charge in [0, 0.05) is 23.2 Å². The van der Waals surface area contributed by atoms with E-state index in [1.165, 1.54) is 4.90 Å². The number of carbonyl (C=O) groups excluding carboxylic acids is 2. The van der Waals surface area contributed by atoms with Crippen LogP contribution in [0.4, 0.5) is 13.6 Å². The van der Waals surface area contributed by atoms with E-state index in [1.807, 2.05) is 30.3 Å². The maximum atomic E-state index is 13.7. The Morgan fingerprint density at radius 1 is 1.19 bits per heavy atom. The van der Waals surface area contributed by atoms with E-state index in [-0.39, 0.29) is 30.1 Å². The Kier molecular flexibility index (Phi) is 6.31. The number of thiophene rings is 1. The molecule has 1 aliphatic heterocycles. The standard InChI is InChI=1S/C22H20F2N2O4S/c23-20(24)19-18(21(27)25-9-10-26-11-12-29-22(26)28)17-15(7-4-8-16(17)31-19)30-13-14-5-2-1-3-6-14/h1-8,20H,9-13H2,(H,25,27). The fourth-order valence-electron chi connectivity index (χ4n) is 3.39. The van der Waals surface area contributed by atoms with E-state index in [4.69, 9.17) is 9.47 Å². The van der Waals surface area contributed by atoms with Crippen LogP contribution in [-0.2, 0) is 11.3 Å². The number of ether oxygens (including phenoxy) is 2. The van der Waals surface area contributed by atoms with Gasteiger partial charge in [-0.15, -0.1) is 11.3 Å². The third kappa shape index (κ3) is 4.61. The highest BCUT2D eigenvalue weighted by Crippen LogP contribution is 2.41. The quantitative estimate of drug-likeness (QED) is 0.549. The summed E-state index contributed by atoms with van der Waals surface area (Å²) in [4.78, 5) is 25.6. The van der Waals surface area contributed by atoms with Crippen molar-refractivity contribution >= 4 is 33.4 Å². The van der Waals surface area contributed by atoms with Crippen LogP contribution >= 0.6 is 11.3 Å². The number of nitrogens with one attached hydrogen (secondary N) is 1. The van der Waals surface area contributed by atoms with E-state index in [1.54, 1.807) is 18.2 Å². The third-order valence-electron chi connectivity index (χ3n) is 4.88. The SMILES string of the molecule is O=C(NCCN1CCOC1=O)c1c(C(F)F)sc2cccc(OCc3ccccc3)c12. The molecule has 0 saturated carbocycles. The fraction of sp³-hybridized carbons (Fsp3) is 0.273. The van der Waals surface area contributed by atoms with Crippen molar-refractivity contribution in [2.75, 3.05) is 26.2 Å². The smallest absolute Gasteiger partial charge is 0.409 e. The first kappa shape index (κ1) is 21.0. The zero-order valence-electron chi connectivity index (χ0n) is 16.5. The lowest BCUT2D eigenvalue weighted by Crippen LogP contribution is -2.35. The number of cyclic esters (lactones) is 1. The van der Waals surface area contributed by atoms with Gasteiger partial charge < -0.3 is 19.7 Å². The van der Waals surface area contributed by atoms with E-state index in [0.29, 0.717) is 29.0 Å². The van der Waals surface area contributed by atoms with Gasteiger partial charge in [-0.1, -0.05) is 36.4 Å². The summed E-state index contributed by atoms with van der Waals surface area (Å²) in [6.07, 6.45) is -3.24. The average molecular weight is 446 g/mol. The molecular formula is C22H20F2N2O4S. The van der Waals surface area contributed by atoms with Gasteiger partial charge >= 0.3 is 6.09 Å². The number of benzene rings is 2. The predicted molar refractivity (Wildman–Crippen MR) is 113 cm³/mol. The summed E-state index contributed by atoms with van der Waals surface area (Å²) in [6, 6.07) is 14.5. The van der Waals surface area contributed by atoms with Gasteiger partial charge in [0.25, 0.3) is 12.3 Å². The first-order valence-corrected chi connectivity index (χ1v) is 10.6. The summed E-state index contributed by atoms with van der Waals surface area (Å²) in [5, 5.41) is 3.02. The highest BCUT2D eigenvalue weighted by Gasteiger charge is 2.27. The van der Waals surface area contributed by atoms with E-state index in [0.717, 1.165) is 16.9 Å². The molecule has 162 valence electrons. The number of nitrogens with zero attached hydrogens (tertiary/aromatic N) is 1. The molecule has 0 spiro atoms. The molecule has 1 aliphatic rings. The Morgan fingerprint density at radius 2 is 2.00 bits per heavy atom. The first-order chi connectivity index (χ1) is 15.0. The van der Waals surface area contributed by atoms with Crippen molar-refractivity contribution in [1.29, 1.82) is 0 Å². The van der Waals surface area contributed by atoms with Crippen molar-refractivity contribution in [1.82, 2.24) is 10.2 Å². The molecule has 6 nitrogen and oxygen atoms in total. The van der Waals surface area contributed by atoms with E-state index >= 15 is 0 Å². The van der Waals surface area contributed by atoms with Crippen molar-refractivity contribution in [2.45, 2.75) is 13.0 Å². The normalized spacial score (nSPS) is 13.6. The van der Waals surface area contributed by atoms with Crippen molar-refractivity contribution in [3.8, 4) is 5.75 Å². The number of carbonyl (C=O) groups is 2. The van der Waals surface area contributed by atoms with Crippen LogP contribution in [0.2, 0.25) is 0 Å². The minimum Gasteiger partial charge on any atom is -0.488 e. The second-order valence-corrected chi connectivity index (χ2v) is 7.99. The van der Waals surface area contributed by atoms with Gasteiger partial charge in [0.2, 0.25) is 0 Å². The fourth-order valence-corrected chi connectivity index (χ4v) is 4.47. The molecule has 0 unspecified atom stereocenters. The molecule has 4 rings (SSSR count). The van der Waals surface area contributed by atoms with Crippen molar-refractivity contribution in [3.05, 3.63) is 64.5 Å². The van der Waals surface area contributed by atoms with Gasteiger partial charge in [0.1, 0.15) is 19.0 Å².